The smallest absolute Gasteiger partial charge is 0.410 e. The molecule has 2 rings (SSSR count). The molecule has 0 aromatic rings. The summed E-state index contributed by atoms with van der Waals surface area (Å²) >= 11 is 0. The third-order valence-electron chi connectivity index (χ3n) is 7.11. The minimum absolute atomic E-state index is 0.0289. The lowest BCUT2D eigenvalue weighted by Crippen LogP contribution is -2.49. The number of amides is 2. The predicted molar refractivity (Wildman–Crippen MR) is 165 cm³/mol. The van der Waals surface area contributed by atoms with Crippen molar-refractivity contribution in [1.29, 1.82) is 0 Å². The molecule has 0 radical (unpaired) electrons. The first-order valence-electron chi connectivity index (χ1n) is 15.2. The molecule has 0 aromatic carbocycles. The number of hydrogen-bond acceptors (Lipinski definition) is 9. The van der Waals surface area contributed by atoms with Crippen molar-refractivity contribution in [3.05, 3.63) is 12.7 Å². The lowest BCUT2D eigenvalue weighted by molar-refractivity contribution is -0.193. The van der Waals surface area contributed by atoms with Crippen molar-refractivity contribution in [2.75, 3.05) is 6.61 Å². The molecule has 1 N–H and O–H groups in total. The second-order valence-corrected chi connectivity index (χ2v) is 15.2. The van der Waals surface area contributed by atoms with E-state index in [4.69, 9.17) is 33.8 Å². The average Bonchev–Trinajstić information content (AvgIpc) is 3.43. The lowest BCUT2D eigenvalue weighted by atomic mass is 9.85. The molecule has 0 aromatic heterocycles. The van der Waals surface area contributed by atoms with Crippen molar-refractivity contribution in [2.24, 2.45) is 10.8 Å². The van der Waals surface area contributed by atoms with Crippen LogP contribution in [0.3, 0.4) is 0 Å². The molecule has 0 aliphatic carbocycles. The Morgan fingerprint density at radius 3 is 1.30 bits per heavy atom. The van der Waals surface area contributed by atoms with Gasteiger partial charge < -0.3 is 24.4 Å². The maximum Gasteiger partial charge on any atom is 0.410 e. The summed E-state index contributed by atoms with van der Waals surface area (Å²) in [7, 11) is 0. The molecule has 254 valence electrons. The van der Waals surface area contributed by atoms with Crippen molar-refractivity contribution in [3.8, 4) is 0 Å². The van der Waals surface area contributed by atoms with Crippen molar-refractivity contribution in [3.63, 3.8) is 0 Å². The van der Waals surface area contributed by atoms with E-state index in [0.29, 0.717) is 6.42 Å². The second kappa shape index (κ2) is 18.7. The number of aliphatic hydroxyl groups is 1. The van der Waals surface area contributed by atoms with Gasteiger partial charge in [0.2, 0.25) is 0 Å². The van der Waals surface area contributed by atoms with Gasteiger partial charge in [-0.3, -0.25) is 0 Å². The van der Waals surface area contributed by atoms with E-state index in [2.05, 4.69) is 48.1 Å². The maximum atomic E-state index is 12.5. The van der Waals surface area contributed by atoms with Crippen molar-refractivity contribution >= 4 is 24.5 Å². The summed E-state index contributed by atoms with van der Waals surface area (Å²) in [5.74, 6) is 0. The third kappa shape index (κ3) is 16.2. The first kappa shape index (κ1) is 43.1. The Hall–Kier alpha value is -3.00. The van der Waals surface area contributed by atoms with E-state index in [9.17, 15) is 9.59 Å². The normalized spacial score (nSPS) is 21.6. The van der Waals surface area contributed by atoms with Gasteiger partial charge in [0.1, 0.15) is 11.2 Å². The van der Waals surface area contributed by atoms with E-state index < -0.39 is 11.2 Å². The van der Waals surface area contributed by atoms with Crippen LogP contribution >= 0.6 is 0 Å². The molecule has 2 amide bonds. The molecule has 0 bridgehead atoms. The van der Waals surface area contributed by atoms with Crippen molar-refractivity contribution in [1.82, 2.24) is 9.80 Å². The Labute approximate surface area is 264 Å². The fraction of sp³-hybridized carbons (Fsp3) is 0.818. The van der Waals surface area contributed by atoms with Crippen LogP contribution in [-0.2, 0) is 28.7 Å². The summed E-state index contributed by atoms with van der Waals surface area (Å²) < 4.78 is 11.1. The lowest BCUT2D eigenvalue weighted by Gasteiger charge is -2.38. The molecule has 2 heterocycles. The fourth-order valence-electron chi connectivity index (χ4n) is 5.50. The van der Waals surface area contributed by atoms with Crippen LogP contribution in [0.2, 0.25) is 0 Å². The zero-order valence-corrected chi connectivity index (χ0v) is 29.2. The Morgan fingerprint density at radius 2 is 1.02 bits per heavy atom. The molecule has 0 saturated carbocycles. The maximum absolute atomic E-state index is 12.5. The molecule has 44 heavy (non-hydrogen) atoms. The van der Waals surface area contributed by atoms with E-state index in [1.54, 1.807) is 0 Å². The SMILES string of the molecule is C=CCC1CC[C@@H](C(C)(C)C)N1C(=O)OC(C)(C)C.CC(C)(C)OC(=O)N1C(CCO)CC[C@H]1C(C)(C)C.O=C=O.O=C=O. The first-order chi connectivity index (χ1) is 19.9. The summed E-state index contributed by atoms with van der Waals surface area (Å²) in [4.78, 5) is 61.2. The zero-order valence-electron chi connectivity index (χ0n) is 29.2. The highest BCUT2D eigenvalue weighted by molar-refractivity contribution is 5.70. The molecule has 11 heteroatoms. The number of rotatable bonds is 4. The quantitative estimate of drug-likeness (QED) is 0.350. The van der Waals surface area contributed by atoms with Gasteiger partial charge in [0.05, 0.1) is 0 Å². The second-order valence-electron chi connectivity index (χ2n) is 15.2. The minimum atomic E-state index is -0.480. The monoisotopic (exact) mass is 626 g/mol. The molecule has 2 aliphatic rings. The zero-order chi connectivity index (χ0) is 35.1. The summed E-state index contributed by atoms with van der Waals surface area (Å²) in [6, 6.07) is 0.756. The van der Waals surface area contributed by atoms with Crippen LogP contribution in [0, 0.1) is 10.8 Å². The number of aliphatic hydroxyl groups excluding tert-OH is 1. The van der Waals surface area contributed by atoms with E-state index in [0.717, 1.165) is 32.1 Å². The van der Waals surface area contributed by atoms with Crippen LogP contribution in [-0.4, -0.2) is 81.4 Å². The van der Waals surface area contributed by atoms with Gasteiger partial charge in [-0.05, 0) is 90.9 Å². The topological polar surface area (TPSA) is 148 Å². The average molecular weight is 627 g/mol. The van der Waals surface area contributed by atoms with Crippen LogP contribution in [0.4, 0.5) is 9.59 Å². The molecule has 0 spiro atoms. The minimum Gasteiger partial charge on any atom is -0.444 e. The predicted octanol–water partition coefficient (Wildman–Crippen LogP) is 6.39. The van der Waals surface area contributed by atoms with Gasteiger partial charge in [0, 0.05) is 30.8 Å². The van der Waals surface area contributed by atoms with Crippen molar-refractivity contribution < 1.29 is 43.3 Å². The summed E-state index contributed by atoms with van der Waals surface area (Å²) in [5, 5.41) is 9.17. The Bertz CT molecular complexity index is 944. The van der Waals surface area contributed by atoms with Gasteiger partial charge in [-0.1, -0.05) is 47.6 Å². The standard InChI is InChI=1S/C16H29NO2.C15H29NO3.2CO2/c1-8-9-12-10-11-13(15(2,3)4)17(12)14(18)19-16(5,6)7;1-14(2,3)12-8-7-11(9-10-17)16(12)13(18)19-15(4,5)6;2*2-1-3/h8,12-13H,1,9-11H2,2-7H3;11-12,17H,7-10H2,1-6H3;;/t12?,13-;11?,12-;;/m00../s1. The van der Waals surface area contributed by atoms with E-state index in [1.165, 1.54) is 0 Å². The number of hydrogen-bond donors (Lipinski definition) is 1. The Kier molecular flexibility index (Phi) is 18.4. The highest BCUT2D eigenvalue weighted by atomic mass is 16.6. The molecule has 11 nitrogen and oxygen atoms in total. The summed E-state index contributed by atoms with van der Waals surface area (Å²) in [6.07, 6.45) is 7.44. The van der Waals surface area contributed by atoms with Gasteiger partial charge in [-0.2, -0.15) is 19.2 Å². The van der Waals surface area contributed by atoms with Gasteiger partial charge in [0.15, 0.2) is 0 Å². The first-order valence-corrected chi connectivity index (χ1v) is 15.2. The van der Waals surface area contributed by atoms with Crippen LogP contribution in [0.25, 0.3) is 0 Å². The van der Waals surface area contributed by atoms with Crippen LogP contribution in [0.5, 0.6) is 0 Å². The summed E-state index contributed by atoms with van der Waals surface area (Å²) in [6.45, 7) is 28.3. The Morgan fingerprint density at radius 1 is 0.705 bits per heavy atom. The molecular formula is C33H58N2O9. The Balaban J connectivity index is 0. The van der Waals surface area contributed by atoms with Crippen LogP contribution in [0.15, 0.2) is 12.7 Å². The van der Waals surface area contributed by atoms with Crippen LogP contribution < -0.4 is 0 Å². The number of ether oxygens (including phenoxy) is 2. The number of carbonyl (C=O) groups excluding carboxylic acids is 6. The van der Waals surface area contributed by atoms with Gasteiger partial charge in [-0.25, -0.2) is 9.59 Å². The van der Waals surface area contributed by atoms with Gasteiger partial charge in [-0.15, -0.1) is 6.58 Å². The molecule has 2 fully saturated rings. The number of nitrogens with zero attached hydrogens (tertiary/aromatic N) is 2. The molecule has 2 aliphatic heterocycles. The molecular weight excluding hydrogens is 568 g/mol. The van der Waals surface area contributed by atoms with E-state index >= 15 is 0 Å². The van der Waals surface area contributed by atoms with E-state index in [-0.39, 0.29) is 66.1 Å². The van der Waals surface area contributed by atoms with E-state index in [1.807, 2.05) is 57.4 Å². The molecule has 4 atom stereocenters. The largest absolute Gasteiger partial charge is 0.444 e. The molecule has 2 unspecified atom stereocenters. The number of likely N-dealkylation sites (tertiary alicyclic amines) is 2. The number of carbonyl (C=O) groups is 2. The van der Waals surface area contributed by atoms with Crippen molar-refractivity contribution in [2.45, 2.75) is 157 Å². The highest BCUT2D eigenvalue weighted by Crippen LogP contribution is 2.39. The highest BCUT2D eigenvalue weighted by Gasteiger charge is 2.45. The molecule has 2 saturated heterocycles. The van der Waals surface area contributed by atoms with Gasteiger partial charge >= 0.3 is 24.5 Å². The third-order valence-corrected chi connectivity index (χ3v) is 7.11. The fourth-order valence-corrected chi connectivity index (χ4v) is 5.50. The van der Waals surface area contributed by atoms with Gasteiger partial charge in [0.25, 0.3) is 0 Å². The van der Waals surface area contributed by atoms with Crippen LogP contribution in [0.1, 0.15) is 122 Å². The summed E-state index contributed by atoms with van der Waals surface area (Å²) in [5.41, 5.74) is -0.819.